The van der Waals surface area contributed by atoms with Crippen LogP contribution in [-0.2, 0) is 11.2 Å². The van der Waals surface area contributed by atoms with Crippen molar-refractivity contribution in [2.75, 3.05) is 27.9 Å². The van der Waals surface area contributed by atoms with Crippen LogP contribution in [0.25, 0.3) is 11.1 Å². The van der Waals surface area contributed by atoms with Crippen LogP contribution in [0, 0.1) is 11.3 Å². The normalized spacial score (nSPS) is 18.3. The molecule has 0 aromatic heterocycles. The summed E-state index contributed by atoms with van der Waals surface area (Å²) in [7, 11) is 4.58. The molecule has 0 unspecified atom stereocenters. The number of benzene rings is 1. The van der Waals surface area contributed by atoms with Crippen molar-refractivity contribution in [3.63, 3.8) is 0 Å². The monoisotopic (exact) mass is 491 g/mol. The zero-order valence-electron chi connectivity index (χ0n) is 20.6. The zero-order chi connectivity index (χ0) is 26.0. The number of carbonyl (C=O) groups is 2. The van der Waals surface area contributed by atoms with Crippen molar-refractivity contribution in [1.82, 2.24) is 4.90 Å². The van der Waals surface area contributed by atoms with Crippen molar-refractivity contribution >= 4 is 11.8 Å². The van der Waals surface area contributed by atoms with Gasteiger partial charge in [-0.1, -0.05) is 6.07 Å². The summed E-state index contributed by atoms with van der Waals surface area (Å²) in [5.41, 5.74) is 7.95. The van der Waals surface area contributed by atoms with E-state index in [1.54, 1.807) is 13.2 Å². The van der Waals surface area contributed by atoms with Crippen molar-refractivity contribution in [2.24, 2.45) is 5.73 Å². The Kier molecular flexibility index (Phi) is 7.15. The van der Waals surface area contributed by atoms with Crippen LogP contribution < -0.4 is 25.4 Å². The number of carbonyl (C=O) groups excluding carboxylic acids is 2. The lowest BCUT2D eigenvalue weighted by atomic mass is 9.90. The quantitative estimate of drug-likeness (QED) is 0.657. The van der Waals surface area contributed by atoms with Gasteiger partial charge in [0, 0.05) is 18.5 Å². The molecular weight excluding hydrogens is 462 g/mol. The lowest BCUT2D eigenvalue weighted by Gasteiger charge is -2.19. The maximum atomic E-state index is 13.4. The van der Waals surface area contributed by atoms with E-state index < -0.39 is 23.3 Å². The van der Waals surface area contributed by atoms with E-state index in [1.165, 1.54) is 31.3 Å². The van der Waals surface area contributed by atoms with E-state index in [0.29, 0.717) is 66.2 Å². The van der Waals surface area contributed by atoms with E-state index in [-0.39, 0.29) is 17.9 Å². The molecule has 2 atom stereocenters. The van der Waals surface area contributed by atoms with Gasteiger partial charge in [0.15, 0.2) is 16.9 Å². The van der Waals surface area contributed by atoms with Crippen LogP contribution in [0.5, 0.6) is 17.2 Å². The Labute approximate surface area is 209 Å². The second-order valence-electron chi connectivity index (χ2n) is 9.00. The summed E-state index contributed by atoms with van der Waals surface area (Å²) in [6.07, 6.45) is 2.48. The van der Waals surface area contributed by atoms with Gasteiger partial charge in [0.1, 0.15) is 6.04 Å². The number of fused-ring (bicyclic) bond motifs is 3. The summed E-state index contributed by atoms with van der Waals surface area (Å²) >= 11 is 0. The van der Waals surface area contributed by atoms with Crippen molar-refractivity contribution in [3.05, 3.63) is 51.2 Å². The molecule has 1 saturated heterocycles. The first-order valence-electron chi connectivity index (χ1n) is 11.8. The molecule has 9 heteroatoms. The molecule has 2 N–H and O–H groups in total. The fraction of sp³-hybridized carbons (Fsp3) is 0.407. The molecule has 1 aliphatic heterocycles. The fourth-order valence-corrected chi connectivity index (χ4v) is 5.32. The highest BCUT2D eigenvalue weighted by Crippen LogP contribution is 2.50. The summed E-state index contributed by atoms with van der Waals surface area (Å²) < 4.78 is 16.9. The van der Waals surface area contributed by atoms with Gasteiger partial charge in [-0.3, -0.25) is 14.4 Å². The summed E-state index contributed by atoms with van der Waals surface area (Å²) in [6, 6.07) is 8.11. The number of rotatable bonds is 6. The van der Waals surface area contributed by atoms with E-state index in [0.717, 1.165) is 5.56 Å². The second kappa shape index (κ2) is 10.3. The standard InChI is InChI=1S/C27H29N3O6/c1-34-22-11-16-7-6-15(12-23(29)32)20-13-21(31)19(27(33)30-10-4-5-17(30)14-28)9-8-18(20)24(16)26(36-3)25(22)35-2/h8-9,11,13,15,17H,4-7,10,12H2,1-3H3,(H2,29,32)/t15-,17-/m0/s1. The molecule has 0 radical (unpaired) electrons. The van der Waals surface area contributed by atoms with Gasteiger partial charge in [0.25, 0.3) is 5.91 Å². The minimum absolute atomic E-state index is 0.0240. The number of hydrogen-bond donors (Lipinski definition) is 1. The molecular formula is C27H29N3O6. The Balaban J connectivity index is 1.99. The van der Waals surface area contributed by atoms with Gasteiger partial charge in [-0.15, -0.1) is 0 Å². The number of hydrogen-bond acceptors (Lipinski definition) is 7. The Hall–Kier alpha value is -4.06. The Morgan fingerprint density at radius 1 is 1.11 bits per heavy atom. The van der Waals surface area contributed by atoms with Crippen LogP contribution in [0.3, 0.4) is 0 Å². The van der Waals surface area contributed by atoms with Crippen molar-refractivity contribution in [2.45, 2.75) is 44.1 Å². The van der Waals surface area contributed by atoms with Crippen LogP contribution in [0.15, 0.2) is 29.1 Å². The van der Waals surface area contributed by atoms with Gasteiger partial charge in [-0.05, 0) is 66.5 Å². The molecule has 1 aliphatic carbocycles. The molecule has 2 aliphatic rings. The molecule has 9 nitrogen and oxygen atoms in total. The van der Waals surface area contributed by atoms with Gasteiger partial charge in [0.2, 0.25) is 11.7 Å². The van der Waals surface area contributed by atoms with E-state index >= 15 is 0 Å². The molecule has 0 spiro atoms. The number of nitrogens with two attached hydrogens (primary N) is 1. The molecule has 0 bridgehead atoms. The highest BCUT2D eigenvalue weighted by molar-refractivity contribution is 5.95. The number of amides is 2. The predicted octanol–water partition coefficient (Wildman–Crippen LogP) is 2.77. The molecule has 1 fully saturated rings. The first-order valence-corrected chi connectivity index (χ1v) is 11.8. The molecule has 1 heterocycles. The minimum atomic E-state index is -0.555. The van der Waals surface area contributed by atoms with Gasteiger partial charge in [-0.25, -0.2) is 0 Å². The summed E-state index contributed by atoms with van der Waals surface area (Å²) in [6.45, 7) is 0.423. The summed E-state index contributed by atoms with van der Waals surface area (Å²) in [4.78, 5) is 40.1. The van der Waals surface area contributed by atoms with E-state index in [1.807, 2.05) is 6.07 Å². The first kappa shape index (κ1) is 25.0. The zero-order valence-corrected chi connectivity index (χ0v) is 20.6. The summed E-state index contributed by atoms with van der Waals surface area (Å²) in [5, 5.41) is 9.43. The number of likely N-dealkylation sites (tertiary alicyclic amines) is 1. The number of primary amides is 1. The lowest BCUT2D eigenvalue weighted by Crippen LogP contribution is -2.36. The number of ether oxygens (including phenoxy) is 3. The van der Waals surface area contributed by atoms with Crippen LogP contribution in [0.2, 0.25) is 0 Å². The largest absolute Gasteiger partial charge is 0.493 e. The Morgan fingerprint density at radius 3 is 2.50 bits per heavy atom. The van der Waals surface area contributed by atoms with E-state index in [9.17, 15) is 19.6 Å². The van der Waals surface area contributed by atoms with Crippen LogP contribution in [-0.4, -0.2) is 50.6 Å². The molecule has 36 heavy (non-hydrogen) atoms. The highest BCUT2D eigenvalue weighted by Gasteiger charge is 2.32. The third-order valence-electron chi connectivity index (χ3n) is 7.00. The van der Waals surface area contributed by atoms with Crippen molar-refractivity contribution < 1.29 is 23.8 Å². The van der Waals surface area contributed by atoms with Gasteiger partial charge >= 0.3 is 0 Å². The van der Waals surface area contributed by atoms with E-state index in [2.05, 4.69) is 6.07 Å². The molecule has 4 rings (SSSR count). The maximum Gasteiger partial charge on any atom is 0.258 e. The number of methoxy groups -OCH3 is 3. The SMILES string of the molecule is COc1cc2c(c(OC)c1OC)-c1ccc(C(=O)N3CCC[C@H]3C#N)c(=O)cc1[C@H](CC(N)=O)CC2. The van der Waals surface area contributed by atoms with Gasteiger partial charge in [-0.2, -0.15) is 5.26 Å². The third-order valence-corrected chi connectivity index (χ3v) is 7.00. The first-order chi connectivity index (χ1) is 17.3. The third kappa shape index (κ3) is 4.35. The average molecular weight is 492 g/mol. The number of nitrogens with zero attached hydrogens (tertiary/aromatic N) is 2. The Morgan fingerprint density at radius 2 is 1.86 bits per heavy atom. The van der Waals surface area contributed by atoms with Crippen molar-refractivity contribution in [3.8, 4) is 34.4 Å². The number of aryl methyl sites for hydroxylation is 1. The lowest BCUT2D eigenvalue weighted by molar-refractivity contribution is -0.118. The topological polar surface area (TPSA) is 132 Å². The smallest absolute Gasteiger partial charge is 0.258 e. The summed E-state index contributed by atoms with van der Waals surface area (Å²) in [5.74, 6) is 0.0394. The van der Waals surface area contributed by atoms with Gasteiger partial charge < -0.3 is 24.8 Å². The second-order valence-corrected chi connectivity index (χ2v) is 9.00. The average Bonchev–Trinajstić information content (AvgIpc) is 3.22. The van der Waals surface area contributed by atoms with Crippen LogP contribution >= 0.6 is 0 Å². The maximum absolute atomic E-state index is 13.4. The van der Waals surface area contributed by atoms with Crippen molar-refractivity contribution in [1.29, 1.82) is 5.26 Å². The molecule has 188 valence electrons. The van der Waals surface area contributed by atoms with Crippen LogP contribution in [0.1, 0.15) is 53.1 Å². The minimum Gasteiger partial charge on any atom is -0.493 e. The van der Waals surface area contributed by atoms with Crippen LogP contribution in [0.4, 0.5) is 0 Å². The number of nitriles is 1. The molecule has 2 aromatic rings. The molecule has 2 amide bonds. The van der Waals surface area contributed by atoms with Gasteiger partial charge in [0.05, 0.1) is 33.0 Å². The Bertz CT molecular complexity index is 1320. The highest BCUT2D eigenvalue weighted by atomic mass is 16.5. The molecule has 2 aromatic carbocycles. The van der Waals surface area contributed by atoms with E-state index in [4.69, 9.17) is 19.9 Å². The fourth-order valence-electron chi connectivity index (χ4n) is 5.32. The predicted molar refractivity (Wildman–Crippen MR) is 132 cm³/mol. The molecule has 0 saturated carbocycles.